The minimum Gasteiger partial charge on any atom is -0.456 e. The maximum atomic E-state index is 12.6. The Labute approximate surface area is 115 Å². The standard InChI is InChI=1S/C13H15FN2O4/c1-9(17)15-7-6-13(19)20-8-12(18)16-11-4-2-10(14)3-5-11/h2-5H,6-8H2,1H3,(H,15,17)(H,16,18). The highest BCUT2D eigenvalue weighted by atomic mass is 19.1. The van der Waals surface area contributed by atoms with E-state index in [0.29, 0.717) is 5.69 Å². The molecular weight excluding hydrogens is 267 g/mol. The van der Waals surface area contributed by atoms with Crippen LogP contribution in [0.2, 0.25) is 0 Å². The van der Waals surface area contributed by atoms with Gasteiger partial charge in [0.2, 0.25) is 5.91 Å². The van der Waals surface area contributed by atoms with Gasteiger partial charge in [0.15, 0.2) is 6.61 Å². The first-order valence-electron chi connectivity index (χ1n) is 5.93. The molecule has 0 spiro atoms. The summed E-state index contributed by atoms with van der Waals surface area (Å²) in [5.74, 6) is -1.77. The number of carbonyl (C=O) groups is 3. The summed E-state index contributed by atoms with van der Waals surface area (Å²) in [4.78, 5) is 33.2. The van der Waals surface area contributed by atoms with Crippen molar-refractivity contribution in [1.82, 2.24) is 5.32 Å². The van der Waals surface area contributed by atoms with Gasteiger partial charge in [0, 0.05) is 19.2 Å². The van der Waals surface area contributed by atoms with Crippen LogP contribution in [0.4, 0.5) is 10.1 Å². The number of carbonyl (C=O) groups excluding carboxylic acids is 3. The predicted molar refractivity (Wildman–Crippen MR) is 69.3 cm³/mol. The van der Waals surface area contributed by atoms with Gasteiger partial charge in [-0.1, -0.05) is 0 Å². The van der Waals surface area contributed by atoms with Crippen molar-refractivity contribution in [2.24, 2.45) is 0 Å². The van der Waals surface area contributed by atoms with E-state index >= 15 is 0 Å². The Kier molecular flexibility index (Phi) is 6.15. The highest BCUT2D eigenvalue weighted by molar-refractivity contribution is 5.92. The van der Waals surface area contributed by atoms with Gasteiger partial charge in [-0.25, -0.2) is 4.39 Å². The minimum absolute atomic E-state index is 0.0105. The predicted octanol–water partition coefficient (Wildman–Crippen LogP) is 0.834. The number of amides is 2. The van der Waals surface area contributed by atoms with Crippen LogP contribution < -0.4 is 10.6 Å². The van der Waals surface area contributed by atoms with Gasteiger partial charge >= 0.3 is 5.97 Å². The molecule has 6 nitrogen and oxygen atoms in total. The second-order valence-corrected chi connectivity index (χ2v) is 3.95. The summed E-state index contributed by atoms with van der Waals surface area (Å²) in [7, 11) is 0. The van der Waals surface area contributed by atoms with Crippen molar-refractivity contribution in [3.8, 4) is 0 Å². The van der Waals surface area contributed by atoms with E-state index < -0.39 is 24.3 Å². The summed E-state index contributed by atoms with van der Waals surface area (Å²) in [6.45, 7) is 1.06. The Morgan fingerprint density at radius 1 is 1.20 bits per heavy atom. The van der Waals surface area contributed by atoms with E-state index in [9.17, 15) is 18.8 Å². The van der Waals surface area contributed by atoms with Gasteiger partial charge in [-0.2, -0.15) is 0 Å². The lowest BCUT2D eigenvalue weighted by Gasteiger charge is -2.06. The molecule has 0 aliphatic rings. The van der Waals surface area contributed by atoms with Crippen molar-refractivity contribution in [2.75, 3.05) is 18.5 Å². The number of benzene rings is 1. The largest absolute Gasteiger partial charge is 0.456 e. The molecule has 1 rings (SSSR count). The van der Waals surface area contributed by atoms with Crippen LogP contribution in [0.5, 0.6) is 0 Å². The molecule has 0 fully saturated rings. The lowest BCUT2D eigenvalue weighted by molar-refractivity contribution is -0.147. The van der Waals surface area contributed by atoms with Crippen molar-refractivity contribution in [3.05, 3.63) is 30.1 Å². The van der Waals surface area contributed by atoms with Crippen molar-refractivity contribution in [1.29, 1.82) is 0 Å². The molecule has 0 heterocycles. The SMILES string of the molecule is CC(=O)NCCC(=O)OCC(=O)Nc1ccc(F)cc1. The molecule has 7 heteroatoms. The van der Waals surface area contributed by atoms with Crippen LogP contribution in [-0.4, -0.2) is 30.9 Å². The Morgan fingerprint density at radius 2 is 1.85 bits per heavy atom. The molecule has 1 aromatic carbocycles. The number of esters is 1. The molecule has 1 aromatic rings. The van der Waals surface area contributed by atoms with E-state index in [1.165, 1.54) is 31.2 Å². The lowest BCUT2D eigenvalue weighted by atomic mass is 10.3. The summed E-state index contributed by atoms with van der Waals surface area (Å²) in [5.41, 5.74) is 0.408. The molecule has 0 bridgehead atoms. The fourth-order valence-corrected chi connectivity index (χ4v) is 1.29. The first kappa shape index (κ1) is 15.6. The number of rotatable bonds is 6. The Balaban J connectivity index is 2.24. The number of nitrogens with one attached hydrogen (secondary N) is 2. The van der Waals surface area contributed by atoms with Gasteiger partial charge in [-0.3, -0.25) is 14.4 Å². The average molecular weight is 282 g/mol. The van der Waals surface area contributed by atoms with Gasteiger partial charge in [-0.05, 0) is 24.3 Å². The normalized spacial score (nSPS) is 9.70. The van der Waals surface area contributed by atoms with Crippen molar-refractivity contribution in [2.45, 2.75) is 13.3 Å². The lowest BCUT2D eigenvalue weighted by Crippen LogP contribution is -2.25. The topological polar surface area (TPSA) is 84.5 Å². The smallest absolute Gasteiger partial charge is 0.308 e. The number of anilines is 1. The molecule has 2 N–H and O–H groups in total. The van der Waals surface area contributed by atoms with E-state index in [2.05, 4.69) is 10.6 Å². The molecule has 0 aromatic heterocycles. The Morgan fingerprint density at radius 3 is 2.45 bits per heavy atom. The molecule has 2 amide bonds. The van der Waals surface area contributed by atoms with Crippen LogP contribution in [0, 0.1) is 5.82 Å². The van der Waals surface area contributed by atoms with E-state index in [4.69, 9.17) is 4.74 Å². The van der Waals surface area contributed by atoms with Crippen LogP contribution in [0.1, 0.15) is 13.3 Å². The zero-order valence-electron chi connectivity index (χ0n) is 10.9. The van der Waals surface area contributed by atoms with Gasteiger partial charge in [-0.15, -0.1) is 0 Å². The van der Waals surface area contributed by atoms with Gasteiger partial charge < -0.3 is 15.4 Å². The van der Waals surface area contributed by atoms with Gasteiger partial charge in [0.1, 0.15) is 5.82 Å². The van der Waals surface area contributed by atoms with Crippen LogP contribution >= 0.6 is 0 Å². The number of ether oxygens (including phenoxy) is 1. The van der Waals surface area contributed by atoms with Crippen LogP contribution in [0.15, 0.2) is 24.3 Å². The van der Waals surface area contributed by atoms with E-state index in [1.54, 1.807) is 0 Å². The molecule has 0 saturated carbocycles. The van der Waals surface area contributed by atoms with Crippen molar-refractivity contribution in [3.63, 3.8) is 0 Å². The summed E-state index contributed by atoms with van der Waals surface area (Å²) < 4.78 is 17.3. The maximum Gasteiger partial charge on any atom is 0.308 e. The summed E-state index contributed by atoms with van der Waals surface area (Å²) >= 11 is 0. The molecule has 0 atom stereocenters. The Hall–Kier alpha value is -2.44. The second kappa shape index (κ2) is 7.88. The maximum absolute atomic E-state index is 12.6. The van der Waals surface area contributed by atoms with E-state index in [0.717, 1.165) is 0 Å². The number of hydrogen-bond acceptors (Lipinski definition) is 4. The molecule has 0 radical (unpaired) electrons. The minimum atomic E-state index is -0.590. The first-order chi connectivity index (χ1) is 9.47. The summed E-state index contributed by atoms with van der Waals surface area (Å²) in [6, 6.07) is 5.20. The van der Waals surface area contributed by atoms with Crippen molar-refractivity contribution < 1.29 is 23.5 Å². The number of halogens is 1. The van der Waals surface area contributed by atoms with E-state index in [-0.39, 0.29) is 18.9 Å². The van der Waals surface area contributed by atoms with Crippen LogP contribution in [0.3, 0.4) is 0 Å². The molecule has 108 valence electrons. The molecule has 0 aliphatic heterocycles. The molecular formula is C13H15FN2O4. The van der Waals surface area contributed by atoms with E-state index in [1.807, 2.05) is 0 Å². The quantitative estimate of drug-likeness (QED) is 0.757. The van der Waals surface area contributed by atoms with Crippen molar-refractivity contribution >= 4 is 23.5 Å². The van der Waals surface area contributed by atoms with Gasteiger partial charge in [0.05, 0.1) is 6.42 Å². The zero-order valence-corrected chi connectivity index (χ0v) is 10.9. The fraction of sp³-hybridized carbons (Fsp3) is 0.308. The summed E-state index contributed by atoms with van der Waals surface area (Å²) in [6.07, 6.45) is -0.0105. The third-order valence-electron chi connectivity index (χ3n) is 2.20. The molecule has 20 heavy (non-hydrogen) atoms. The second-order valence-electron chi connectivity index (χ2n) is 3.95. The number of hydrogen-bond donors (Lipinski definition) is 2. The van der Waals surface area contributed by atoms with Gasteiger partial charge in [0.25, 0.3) is 5.91 Å². The van der Waals surface area contributed by atoms with Crippen LogP contribution in [-0.2, 0) is 19.1 Å². The fourth-order valence-electron chi connectivity index (χ4n) is 1.29. The average Bonchev–Trinajstić information content (AvgIpc) is 2.39. The highest BCUT2D eigenvalue weighted by Gasteiger charge is 2.08. The third kappa shape index (κ3) is 6.48. The molecule has 0 aliphatic carbocycles. The molecule has 0 unspecified atom stereocenters. The summed E-state index contributed by atoms with van der Waals surface area (Å²) in [5, 5.41) is 4.88. The molecule has 0 saturated heterocycles. The van der Waals surface area contributed by atoms with Crippen LogP contribution in [0.25, 0.3) is 0 Å². The monoisotopic (exact) mass is 282 g/mol. The third-order valence-corrected chi connectivity index (χ3v) is 2.20. The zero-order chi connectivity index (χ0) is 15.0. The Bertz CT molecular complexity index is 488. The first-order valence-corrected chi connectivity index (χ1v) is 5.93. The highest BCUT2D eigenvalue weighted by Crippen LogP contribution is 2.07.